The molecule has 2 aromatic heterocycles. The predicted octanol–water partition coefficient (Wildman–Crippen LogP) is 5.98. The van der Waals surface area contributed by atoms with Crippen LogP contribution >= 0.6 is 12.2 Å². The number of rotatable bonds is 8. The molecule has 1 N–H and O–H groups in total. The molecule has 1 saturated heterocycles. The van der Waals surface area contributed by atoms with E-state index in [2.05, 4.69) is 25.8 Å². The van der Waals surface area contributed by atoms with Crippen LogP contribution in [0.5, 0.6) is 11.5 Å². The molecule has 0 amide bonds. The molecule has 0 saturated carbocycles. The molecule has 10 heteroatoms. The number of anilines is 1. The van der Waals surface area contributed by atoms with E-state index in [4.69, 9.17) is 21.7 Å². The highest BCUT2D eigenvalue weighted by atomic mass is 32.1. The molecule has 1 aliphatic rings. The summed E-state index contributed by atoms with van der Waals surface area (Å²) in [7, 11) is 1.52. The van der Waals surface area contributed by atoms with Crippen molar-refractivity contribution in [3.63, 3.8) is 0 Å². The second kappa shape index (κ2) is 10.7. The Morgan fingerprint density at radius 2 is 1.87 bits per heavy atom. The molecular formula is C29H29N5O4S. The maximum Gasteiger partial charge on any atom is 0.273 e. The van der Waals surface area contributed by atoms with Crippen LogP contribution < -0.4 is 19.7 Å². The largest absolute Gasteiger partial charge is 0.494 e. The number of nitrogens with zero attached hydrogens (tertiary/aromatic N) is 4. The highest BCUT2D eigenvalue weighted by Gasteiger charge is 2.42. The molecule has 1 fully saturated rings. The van der Waals surface area contributed by atoms with Gasteiger partial charge in [0.25, 0.3) is 5.69 Å². The topological polar surface area (TPSA) is 94.7 Å². The fourth-order valence-electron chi connectivity index (χ4n) is 5.24. The first kappa shape index (κ1) is 26.2. The zero-order chi connectivity index (χ0) is 27.7. The van der Waals surface area contributed by atoms with E-state index in [-0.39, 0.29) is 17.8 Å². The summed E-state index contributed by atoms with van der Waals surface area (Å²) < 4.78 is 13.3. The Bertz CT molecular complexity index is 1520. The third-order valence-electron chi connectivity index (χ3n) is 6.93. The normalized spacial score (nSPS) is 16.7. The number of hydrogen-bond acceptors (Lipinski definition) is 6. The quantitative estimate of drug-likeness (QED) is 0.165. The minimum absolute atomic E-state index is 0.0273. The molecule has 0 aliphatic carbocycles. The van der Waals surface area contributed by atoms with E-state index in [1.54, 1.807) is 12.3 Å². The fraction of sp³-hybridized carbons (Fsp3) is 0.241. The number of nitro benzene ring substituents is 1. The van der Waals surface area contributed by atoms with Gasteiger partial charge >= 0.3 is 0 Å². The van der Waals surface area contributed by atoms with Crippen molar-refractivity contribution in [2.24, 2.45) is 0 Å². The lowest BCUT2D eigenvalue weighted by molar-refractivity contribution is -0.384. The van der Waals surface area contributed by atoms with Crippen molar-refractivity contribution in [3.8, 4) is 17.2 Å². The molecule has 0 bridgehead atoms. The lowest BCUT2D eigenvalue weighted by atomic mass is 9.96. The van der Waals surface area contributed by atoms with Gasteiger partial charge in [-0.05, 0) is 87.1 Å². The van der Waals surface area contributed by atoms with Gasteiger partial charge in [0.2, 0.25) is 0 Å². The summed E-state index contributed by atoms with van der Waals surface area (Å²) in [6.07, 6.45) is 1.78. The monoisotopic (exact) mass is 543 g/mol. The van der Waals surface area contributed by atoms with Crippen LogP contribution in [0.2, 0.25) is 0 Å². The van der Waals surface area contributed by atoms with Crippen molar-refractivity contribution in [2.45, 2.75) is 32.9 Å². The number of non-ortho nitro benzene ring substituents is 1. The Kier molecular flexibility index (Phi) is 7.21. The molecular weight excluding hydrogens is 514 g/mol. The molecule has 4 aromatic rings. The SMILES string of the molecule is CCOc1ccc(N2C(=S)N[C@H](c3ccccn3)[C@@H]2c2cc(C)n(-c3ccc([N+](=O)[O-])cc3OC)c2C)cc1. The molecule has 2 aromatic carbocycles. The van der Waals surface area contributed by atoms with Crippen molar-refractivity contribution in [2.75, 3.05) is 18.6 Å². The fourth-order valence-corrected chi connectivity index (χ4v) is 5.59. The van der Waals surface area contributed by atoms with Gasteiger partial charge in [-0.25, -0.2) is 0 Å². The summed E-state index contributed by atoms with van der Waals surface area (Å²) in [4.78, 5) is 17.7. The molecule has 9 nitrogen and oxygen atoms in total. The van der Waals surface area contributed by atoms with E-state index in [1.807, 2.05) is 63.2 Å². The lowest BCUT2D eigenvalue weighted by Gasteiger charge is -2.28. The first-order valence-electron chi connectivity index (χ1n) is 12.6. The van der Waals surface area contributed by atoms with Crippen LogP contribution in [0.15, 0.2) is 72.9 Å². The van der Waals surface area contributed by atoms with Crippen molar-refractivity contribution >= 4 is 28.7 Å². The van der Waals surface area contributed by atoms with Gasteiger partial charge in [-0.2, -0.15) is 0 Å². The van der Waals surface area contributed by atoms with Crippen molar-refractivity contribution in [1.82, 2.24) is 14.9 Å². The first-order valence-corrected chi connectivity index (χ1v) is 13.0. The highest BCUT2D eigenvalue weighted by Crippen LogP contribution is 2.44. The number of nitrogens with one attached hydrogen (secondary N) is 1. The van der Waals surface area contributed by atoms with Crippen LogP contribution in [0.3, 0.4) is 0 Å². The van der Waals surface area contributed by atoms with Gasteiger partial charge in [-0.3, -0.25) is 15.1 Å². The van der Waals surface area contributed by atoms with E-state index < -0.39 is 4.92 Å². The number of ether oxygens (including phenoxy) is 2. The van der Waals surface area contributed by atoms with E-state index in [0.717, 1.165) is 39.8 Å². The number of hydrogen-bond donors (Lipinski definition) is 1. The first-order chi connectivity index (χ1) is 18.8. The van der Waals surface area contributed by atoms with Gasteiger partial charge in [-0.1, -0.05) is 6.07 Å². The van der Waals surface area contributed by atoms with Crippen LogP contribution in [0, 0.1) is 24.0 Å². The Morgan fingerprint density at radius 1 is 1.10 bits per heavy atom. The van der Waals surface area contributed by atoms with Crippen LogP contribution in [0.25, 0.3) is 5.69 Å². The average Bonchev–Trinajstić information content (AvgIpc) is 3.44. The molecule has 0 radical (unpaired) electrons. The van der Waals surface area contributed by atoms with Gasteiger partial charge < -0.3 is 24.3 Å². The minimum atomic E-state index is -0.426. The Hall–Kier alpha value is -4.44. The third-order valence-corrected chi connectivity index (χ3v) is 7.24. The van der Waals surface area contributed by atoms with Crippen LogP contribution in [-0.2, 0) is 0 Å². The molecule has 2 atom stereocenters. The summed E-state index contributed by atoms with van der Waals surface area (Å²) in [5.41, 5.74) is 5.46. The number of aromatic nitrogens is 2. The van der Waals surface area contributed by atoms with Crippen molar-refractivity contribution in [1.29, 1.82) is 0 Å². The Morgan fingerprint density at radius 3 is 2.51 bits per heavy atom. The molecule has 0 spiro atoms. The second-order valence-corrected chi connectivity index (χ2v) is 9.59. The van der Waals surface area contributed by atoms with Gasteiger partial charge in [0.1, 0.15) is 11.5 Å². The van der Waals surface area contributed by atoms with E-state index in [0.29, 0.717) is 17.5 Å². The zero-order valence-electron chi connectivity index (χ0n) is 22.1. The van der Waals surface area contributed by atoms with E-state index in [9.17, 15) is 10.1 Å². The van der Waals surface area contributed by atoms with Crippen LogP contribution in [0.1, 0.15) is 41.7 Å². The second-order valence-electron chi connectivity index (χ2n) is 9.20. The summed E-state index contributed by atoms with van der Waals surface area (Å²) in [6.45, 7) is 6.59. The molecule has 5 rings (SSSR count). The number of methoxy groups -OCH3 is 1. The summed E-state index contributed by atoms with van der Waals surface area (Å²) >= 11 is 5.88. The summed E-state index contributed by atoms with van der Waals surface area (Å²) in [6, 6.07) is 20.1. The smallest absolute Gasteiger partial charge is 0.273 e. The Labute approximate surface area is 232 Å². The zero-order valence-corrected chi connectivity index (χ0v) is 22.9. The number of thiocarbonyl (C=S) groups is 1. The maximum atomic E-state index is 11.4. The van der Waals surface area contributed by atoms with Crippen LogP contribution in [-0.4, -0.2) is 33.3 Å². The Balaban J connectivity index is 1.65. The van der Waals surface area contributed by atoms with Gasteiger partial charge in [0.05, 0.1) is 48.2 Å². The lowest BCUT2D eigenvalue weighted by Crippen LogP contribution is -2.29. The third kappa shape index (κ3) is 4.79. The minimum Gasteiger partial charge on any atom is -0.494 e. The maximum absolute atomic E-state index is 11.4. The standard InChI is InChI=1S/C29H29N5O4S/c1-5-38-22-12-9-20(10-13-22)33-28(27(31-29(33)39)24-8-6-7-15-30-24)23-16-18(2)32(19(23)3)25-14-11-21(34(35)36)17-26(25)37-4/h6-17,27-28H,5H2,1-4H3,(H,31,39)/t27-,28+/m1/s1. The van der Waals surface area contributed by atoms with Crippen molar-refractivity contribution in [3.05, 3.63) is 106 Å². The predicted molar refractivity (Wildman–Crippen MR) is 154 cm³/mol. The van der Waals surface area contributed by atoms with E-state index >= 15 is 0 Å². The number of benzene rings is 2. The van der Waals surface area contributed by atoms with Gasteiger partial charge in [0.15, 0.2) is 5.11 Å². The number of nitro groups is 1. The summed E-state index contributed by atoms with van der Waals surface area (Å²) in [5, 5.41) is 15.5. The van der Waals surface area contributed by atoms with Crippen LogP contribution in [0.4, 0.5) is 11.4 Å². The molecule has 200 valence electrons. The molecule has 0 unspecified atom stereocenters. The van der Waals surface area contributed by atoms with E-state index in [1.165, 1.54) is 19.2 Å². The van der Waals surface area contributed by atoms with Gasteiger partial charge in [-0.15, -0.1) is 0 Å². The highest BCUT2D eigenvalue weighted by molar-refractivity contribution is 7.80. The van der Waals surface area contributed by atoms with Crippen molar-refractivity contribution < 1.29 is 14.4 Å². The van der Waals surface area contributed by atoms with Gasteiger partial charge in [0, 0.05) is 29.3 Å². The molecule has 1 aliphatic heterocycles. The number of aryl methyl sites for hydroxylation is 1. The number of pyridine rings is 1. The molecule has 39 heavy (non-hydrogen) atoms. The molecule has 3 heterocycles. The average molecular weight is 544 g/mol. The summed E-state index contributed by atoms with van der Waals surface area (Å²) in [5.74, 6) is 1.21.